The van der Waals surface area contributed by atoms with E-state index < -0.39 is 18.5 Å². The van der Waals surface area contributed by atoms with Gasteiger partial charge in [0.15, 0.2) is 6.61 Å². The van der Waals surface area contributed by atoms with E-state index in [1.165, 1.54) is 16.8 Å². The van der Waals surface area contributed by atoms with Gasteiger partial charge >= 0.3 is 5.97 Å². The molecule has 1 heterocycles. The third-order valence-electron chi connectivity index (χ3n) is 2.97. The summed E-state index contributed by atoms with van der Waals surface area (Å²) in [5.41, 5.74) is 0.571. The van der Waals surface area contributed by atoms with E-state index in [9.17, 15) is 14.4 Å². The van der Waals surface area contributed by atoms with Crippen LogP contribution < -0.4 is 10.9 Å². The zero-order valence-electron chi connectivity index (χ0n) is 12.2. The van der Waals surface area contributed by atoms with Gasteiger partial charge in [0.05, 0.1) is 0 Å². The van der Waals surface area contributed by atoms with Crippen molar-refractivity contribution in [3.63, 3.8) is 0 Å². The molecule has 0 bridgehead atoms. The Balaban J connectivity index is 1.73. The van der Waals surface area contributed by atoms with Crippen LogP contribution in [-0.2, 0) is 27.4 Å². The molecule has 1 aromatic carbocycles. The number of carbonyl (C=O) groups excluding carboxylic acids is 2. The van der Waals surface area contributed by atoms with Gasteiger partial charge in [-0.1, -0.05) is 29.8 Å². The second-order valence-corrected chi connectivity index (χ2v) is 5.17. The number of pyridine rings is 1. The monoisotopic (exact) mass is 334 g/mol. The summed E-state index contributed by atoms with van der Waals surface area (Å²) in [5, 5.41) is 3.24. The molecule has 2 rings (SSSR count). The fourth-order valence-electron chi connectivity index (χ4n) is 1.78. The van der Waals surface area contributed by atoms with Crippen molar-refractivity contribution in [2.45, 2.75) is 13.1 Å². The molecule has 120 valence electrons. The average Bonchev–Trinajstić information content (AvgIpc) is 2.54. The molecule has 0 aliphatic carbocycles. The molecule has 0 saturated carbocycles. The third-order valence-corrected chi connectivity index (χ3v) is 3.22. The molecule has 1 N–H and O–H groups in total. The Morgan fingerprint density at radius 1 is 1.13 bits per heavy atom. The van der Waals surface area contributed by atoms with Crippen LogP contribution in [0.2, 0.25) is 5.02 Å². The Labute approximate surface area is 137 Å². The highest BCUT2D eigenvalue weighted by Crippen LogP contribution is 2.08. The summed E-state index contributed by atoms with van der Waals surface area (Å²) in [7, 11) is 0. The van der Waals surface area contributed by atoms with E-state index in [0.29, 0.717) is 11.6 Å². The first kappa shape index (κ1) is 16.8. The van der Waals surface area contributed by atoms with Crippen LogP contribution in [0.5, 0.6) is 0 Å². The van der Waals surface area contributed by atoms with Gasteiger partial charge in [0, 0.05) is 23.8 Å². The molecule has 0 fully saturated rings. The Hall–Kier alpha value is -2.60. The largest absolute Gasteiger partial charge is 0.454 e. The number of nitrogens with one attached hydrogen (secondary N) is 1. The first-order valence-corrected chi connectivity index (χ1v) is 7.24. The molecule has 0 aliphatic rings. The van der Waals surface area contributed by atoms with E-state index in [2.05, 4.69) is 5.32 Å². The summed E-state index contributed by atoms with van der Waals surface area (Å²) in [6, 6.07) is 11.6. The molecule has 1 aromatic heterocycles. The fourth-order valence-corrected chi connectivity index (χ4v) is 1.90. The van der Waals surface area contributed by atoms with Gasteiger partial charge in [0.1, 0.15) is 6.54 Å². The second-order valence-electron chi connectivity index (χ2n) is 4.73. The van der Waals surface area contributed by atoms with Crippen LogP contribution in [0, 0.1) is 0 Å². The maximum absolute atomic E-state index is 11.6. The second kappa shape index (κ2) is 8.14. The molecule has 7 heteroatoms. The maximum atomic E-state index is 11.6. The minimum Gasteiger partial charge on any atom is -0.454 e. The average molecular weight is 335 g/mol. The number of hydrogen-bond donors (Lipinski definition) is 1. The quantitative estimate of drug-likeness (QED) is 0.809. The van der Waals surface area contributed by atoms with Crippen LogP contribution in [0.3, 0.4) is 0 Å². The molecule has 0 atom stereocenters. The third kappa shape index (κ3) is 5.60. The molecule has 23 heavy (non-hydrogen) atoms. The normalized spacial score (nSPS) is 10.1. The number of nitrogens with zero attached hydrogens (tertiary/aromatic N) is 1. The number of benzene rings is 1. The van der Waals surface area contributed by atoms with Crippen LogP contribution in [0.15, 0.2) is 53.5 Å². The van der Waals surface area contributed by atoms with Gasteiger partial charge in [-0.2, -0.15) is 0 Å². The first-order valence-electron chi connectivity index (χ1n) is 6.87. The van der Waals surface area contributed by atoms with Crippen LogP contribution in [0.4, 0.5) is 0 Å². The topological polar surface area (TPSA) is 77.4 Å². The number of halogens is 1. The highest BCUT2D eigenvalue weighted by molar-refractivity contribution is 6.30. The Morgan fingerprint density at radius 3 is 2.57 bits per heavy atom. The summed E-state index contributed by atoms with van der Waals surface area (Å²) < 4.78 is 6.04. The number of esters is 1. The zero-order valence-corrected chi connectivity index (χ0v) is 13.0. The van der Waals surface area contributed by atoms with Gasteiger partial charge in [-0.25, -0.2) is 0 Å². The van der Waals surface area contributed by atoms with Crippen LogP contribution in [0.25, 0.3) is 0 Å². The SMILES string of the molecule is O=C(COC(=O)Cn1ccccc1=O)NCc1ccc(Cl)cc1. The van der Waals surface area contributed by atoms with Gasteiger partial charge in [0.25, 0.3) is 11.5 Å². The van der Waals surface area contributed by atoms with Gasteiger partial charge in [-0.3, -0.25) is 14.4 Å². The molecule has 0 aliphatic heterocycles. The highest BCUT2D eigenvalue weighted by Gasteiger charge is 2.08. The first-order chi connectivity index (χ1) is 11.0. The number of rotatable bonds is 6. The van der Waals surface area contributed by atoms with Crippen molar-refractivity contribution in [2.75, 3.05) is 6.61 Å². The summed E-state index contributed by atoms with van der Waals surface area (Å²) >= 11 is 5.77. The smallest absolute Gasteiger partial charge is 0.326 e. The fraction of sp³-hybridized carbons (Fsp3) is 0.188. The molecule has 0 unspecified atom stereocenters. The van der Waals surface area contributed by atoms with Crippen molar-refractivity contribution in [3.05, 3.63) is 69.6 Å². The van der Waals surface area contributed by atoms with Gasteiger partial charge in [-0.15, -0.1) is 0 Å². The number of ether oxygens (including phenoxy) is 1. The molecular weight excluding hydrogens is 320 g/mol. The van der Waals surface area contributed by atoms with Crippen LogP contribution in [0.1, 0.15) is 5.56 Å². The van der Waals surface area contributed by atoms with E-state index >= 15 is 0 Å². The lowest BCUT2D eigenvalue weighted by molar-refractivity contribution is -0.149. The van der Waals surface area contributed by atoms with E-state index in [0.717, 1.165) is 5.56 Å². The number of carbonyl (C=O) groups is 2. The van der Waals surface area contributed by atoms with Gasteiger partial charge in [0.2, 0.25) is 0 Å². The molecule has 0 saturated heterocycles. The van der Waals surface area contributed by atoms with Crippen molar-refractivity contribution in [3.8, 4) is 0 Å². The molecule has 1 amide bonds. The Bertz CT molecular complexity index is 740. The van der Waals surface area contributed by atoms with Gasteiger partial charge in [-0.05, 0) is 23.8 Å². The molecule has 0 radical (unpaired) electrons. The standard InChI is InChI=1S/C16H15ClN2O4/c17-13-6-4-12(5-7-13)9-18-14(20)11-23-16(22)10-19-8-2-1-3-15(19)21/h1-8H,9-11H2,(H,18,20). The van der Waals surface area contributed by atoms with E-state index in [-0.39, 0.29) is 12.1 Å². The van der Waals surface area contributed by atoms with E-state index in [1.54, 1.807) is 36.4 Å². The Kier molecular flexibility index (Phi) is 5.94. The predicted molar refractivity (Wildman–Crippen MR) is 85.0 cm³/mol. The minimum atomic E-state index is -0.653. The lowest BCUT2D eigenvalue weighted by Gasteiger charge is -2.08. The van der Waals surface area contributed by atoms with Crippen molar-refractivity contribution in [1.82, 2.24) is 9.88 Å². The molecule has 2 aromatic rings. The molecule has 0 spiro atoms. The maximum Gasteiger partial charge on any atom is 0.326 e. The summed E-state index contributed by atoms with van der Waals surface area (Å²) in [5.74, 6) is -1.08. The van der Waals surface area contributed by atoms with Crippen molar-refractivity contribution in [2.24, 2.45) is 0 Å². The molecule has 6 nitrogen and oxygen atoms in total. The van der Waals surface area contributed by atoms with Crippen LogP contribution >= 0.6 is 11.6 Å². The van der Waals surface area contributed by atoms with E-state index in [4.69, 9.17) is 16.3 Å². The van der Waals surface area contributed by atoms with Crippen molar-refractivity contribution in [1.29, 1.82) is 0 Å². The highest BCUT2D eigenvalue weighted by atomic mass is 35.5. The van der Waals surface area contributed by atoms with Gasteiger partial charge < -0.3 is 14.6 Å². The van der Waals surface area contributed by atoms with E-state index in [1.807, 2.05) is 0 Å². The number of hydrogen-bond acceptors (Lipinski definition) is 4. The van der Waals surface area contributed by atoms with Crippen LogP contribution in [-0.4, -0.2) is 23.1 Å². The predicted octanol–water partition coefficient (Wildman–Crippen LogP) is 1.36. The minimum absolute atomic E-state index is 0.232. The lowest BCUT2D eigenvalue weighted by Crippen LogP contribution is -2.30. The summed E-state index contributed by atoms with van der Waals surface area (Å²) in [6.07, 6.45) is 1.48. The van der Waals surface area contributed by atoms with Crippen molar-refractivity contribution >= 4 is 23.5 Å². The summed E-state index contributed by atoms with van der Waals surface area (Å²) in [4.78, 5) is 34.7. The lowest BCUT2D eigenvalue weighted by atomic mass is 10.2. The zero-order chi connectivity index (χ0) is 16.7. The van der Waals surface area contributed by atoms with Crippen molar-refractivity contribution < 1.29 is 14.3 Å². The number of aromatic nitrogens is 1. The molecular formula is C16H15ClN2O4. The Morgan fingerprint density at radius 2 is 1.87 bits per heavy atom. The summed E-state index contributed by atoms with van der Waals surface area (Å²) in [6.45, 7) is -0.316. The number of amides is 1.